The van der Waals surface area contributed by atoms with E-state index < -0.39 is 5.97 Å². The number of nitrogens with one attached hydrogen (secondary N) is 2. The van der Waals surface area contributed by atoms with Gasteiger partial charge >= 0.3 is 12.0 Å². The van der Waals surface area contributed by atoms with Crippen LogP contribution in [0.2, 0.25) is 5.02 Å². The number of hydrogen-bond acceptors (Lipinski definition) is 2. The number of carbonyl (C=O) groups is 2. The highest BCUT2D eigenvalue weighted by molar-refractivity contribution is 9.10. The van der Waals surface area contributed by atoms with E-state index in [2.05, 4.69) is 26.6 Å². The topological polar surface area (TPSA) is 78.4 Å². The lowest BCUT2D eigenvalue weighted by atomic mass is 10.1. The van der Waals surface area contributed by atoms with Gasteiger partial charge in [0.25, 0.3) is 0 Å². The molecule has 5 nitrogen and oxygen atoms in total. The number of halogens is 2. The van der Waals surface area contributed by atoms with Gasteiger partial charge in [-0.3, -0.25) is 4.79 Å². The second-order valence-corrected chi connectivity index (χ2v) is 6.09. The lowest BCUT2D eigenvalue weighted by Crippen LogP contribution is -2.36. The Morgan fingerprint density at radius 2 is 2.10 bits per heavy atom. The summed E-state index contributed by atoms with van der Waals surface area (Å²) in [5.74, 6) is -1.17. The van der Waals surface area contributed by atoms with E-state index in [1.807, 2.05) is 0 Å². The lowest BCUT2D eigenvalue weighted by Gasteiger charge is -2.14. The van der Waals surface area contributed by atoms with Crippen LogP contribution in [0.1, 0.15) is 19.3 Å². The molecule has 2 atom stereocenters. The summed E-state index contributed by atoms with van der Waals surface area (Å²) in [6.45, 7) is 0. The molecule has 1 aromatic carbocycles. The third-order valence-electron chi connectivity index (χ3n) is 3.29. The highest BCUT2D eigenvalue weighted by Crippen LogP contribution is 2.27. The van der Waals surface area contributed by atoms with Crippen LogP contribution in [0.4, 0.5) is 10.5 Å². The SMILES string of the molecule is O=C(Nc1cc(Br)ccc1Cl)N[C@H]1CC[C@@H](C(=O)O)C1. The molecule has 0 radical (unpaired) electrons. The summed E-state index contributed by atoms with van der Waals surface area (Å²) < 4.78 is 0.809. The van der Waals surface area contributed by atoms with Gasteiger partial charge in [-0.05, 0) is 37.5 Å². The molecule has 2 rings (SSSR count). The maximum Gasteiger partial charge on any atom is 0.319 e. The first-order valence-corrected chi connectivity index (χ1v) is 7.38. The first-order valence-electron chi connectivity index (χ1n) is 6.21. The number of urea groups is 1. The van der Waals surface area contributed by atoms with Gasteiger partial charge in [-0.2, -0.15) is 0 Å². The van der Waals surface area contributed by atoms with E-state index in [9.17, 15) is 9.59 Å². The van der Waals surface area contributed by atoms with Crippen molar-refractivity contribution >= 4 is 45.2 Å². The molecule has 1 aliphatic rings. The van der Waals surface area contributed by atoms with Crippen LogP contribution >= 0.6 is 27.5 Å². The van der Waals surface area contributed by atoms with Crippen molar-refractivity contribution in [2.24, 2.45) is 5.92 Å². The minimum Gasteiger partial charge on any atom is -0.481 e. The summed E-state index contributed by atoms with van der Waals surface area (Å²) in [5.41, 5.74) is 0.506. The Hall–Kier alpha value is -1.27. The van der Waals surface area contributed by atoms with E-state index >= 15 is 0 Å². The van der Waals surface area contributed by atoms with Crippen molar-refractivity contribution < 1.29 is 14.7 Å². The third-order valence-corrected chi connectivity index (χ3v) is 4.12. The number of carboxylic acids is 1. The van der Waals surface area contributed by atoms with Crippen LogP contribution in [0, 0.1) is 5.92 Å². The summed E-state index contributed by atoms with van der Waals surface area (Å²) in [6, 6.07) is 4.68. The van der Waals surface area contributed by atoms with E-state index in [1.165, 1.54) is 0 Å². The summed E-state index contributed by atoms with van der Waals surface area (Å²) in [4.78, 5) is 22.7. The molecule has 0 heterocycles. The second kappa shape index (κ2) is 6.45. The number of benzene rings is 1. The Balaban J connectivity index is 1.90. The Morgan fingerprint density at radius 1 is 1.35 bits per heavy atom. The molecule has 20 heavy (non-hydrogen) atoms. The molecule has 0 saturated heterocycles. The van der Waals surface area contributed by atoms with Crippen molar-refractivity contribution in [3.8, 4) is 0 Å². The minimum absolute atomic E-state index is 0.109. The molecular weight excluding hydrogens is 348 g/mol. The normalized spacial score (nSPS) is 21.5. The van der Waals surface area contributed by atoms with Crippen LogP contribution < -0.4 is 10.6 Å². The smallest absolute Gasteiger partial charge is 0.319 e. The maximum absolute atomic E-state index is 11.9. The average molecular weight is 362 g/mol. The third kappa shape index (κ3) is 3.86. The Kier molecular flexibility index (Phi) is 4.88. The number of rotatable bonds is 3. The van der Waals surface area contributed by atoms with Crippen molar-refractivity contribution in [2.45, 2.75) is 25.3 Å². The van der Waals surface area contributed by atoms with Crippen LogP contribution in [0.25, 0.3) is 0 Å². The van der Waals surface area contributed by atoms with E-state index in [1.54, 1.807) is 18.2 Å². The highest BCUT2D eigenvalue weighted by Gasteiger charge is 2.30. The highest BCUT2D eigenvalue weighted by atomic mass is 79.9. The minimum atomic E-state index is -0.801. The molecular formula is C13H14BrClN2O3. The standard InChI is InChI=1S/C13H14BrClN2O3/c14-8-2-4-10(15)11(6-8)17-13(20)16-9-3-1-7(5-9)12(18)19/h2,4,6-7,9H,1,3,5H2,(H,18,19)(H2,16,17,20)/t7-,9+/m1/s1. The molecule has 1 saturated carbocycles. The maximum atomic E-state index is 11.9. The summed E-state index contributed by atoms with van der Waals surface area (Å²) >= 11 is 9.28. The summed E-state index contributed by atoms with van der Waals surface area (Å²) in [6.07, 6.45) is 1.74. The molecule has 108 valence electrons. The predicted octanol–water partition coefficient (Wildman–Crippen LogP) is 3.48. The Bertz CT molecular complexity index is 538. The number of anilines is 1. The molecule has 1 fully saturated rings. The monoisotopic (exact) mass is 360 g/mol. The van der Waals surface area contributed by atoms with Gasteiger partial charge in [0.05, 0.1) is 16.6 Å². The van der Waals surface area contributed by atoms with E-state index in [-0.39, 0.29) is 18.0 Å². The quantitative estimate of drug-likeness (QED) is 0.771. The predicted molar refractivity (Wildman–Crippen MR) is 80.1 cm³/mol. The molecule has 0 aliphatic heterocycles. The Morgan fingerprint density at radius 3 is 2.75 bits per heavy atom. The molecule has 0 spiro atoms. The molecule has 7 heteroatoms. The van der Waals surface area contributed by atoms with Gasteiger partial charge in [0, 0.05) is 10.5 Å². The van der Waals surface area contributed by atoms with E-state index in [4.69, 9.17) is 16.7 Å². The van der Waals surface area contributed by atoms with Crippen molar-refractivity contribution in [2.75, 3.05) is 5.32 Å². The molecule has 0 aromatic heterocycles. The fourth-order valence-electron chi connectivity index (χ4n) is 2.27. The summed E-state index contributed by atoms with van der Waals surface area (Å²) in [5, 5.41) is 14.8. The van der Waals surface area contributed by atoms with Gasteiger partial charge in [0.2, 0.25) is 0 Å². The van der Waals surface area contributed by atoms with Gasteiger partial charge in [0.1, 0.15) is 0 Å². The zero-order valence-electron chi connectivity index (χ0n) is 10.5. The molecule has 0 bridgehead atoms. The van der Waals surface area contributed by atoms with Gasteiger partial charge < -0.3 is 15.7 Å². The Labute approximate surface area is 129 Å². The fraction of sp³-hybridized carbons (Fsp3) is 0.385. The largest absolute Gasteiger partial charge is 0.481 e. The van der Waals surface area contributed by atoms with Crippen LogP contribution in [0.3, 0.4) is 0 Å². The fourth-order valence-corrected chi connectivity index (χ4v) is 2.80. The number of carboxylic acid groups (broad SMARTS) is 1. The number of hydrogen-bond donors (Lipinski definition) is 3. The van der Waals surface area contributed by atoms with Crippen LogP contribution in [0.15, 0.2) is 22.7 Å². The second-order valence-electron chi connectivity index (χ2n) is 4.77. The lowest BCUT2D eigenvalue weighted by molar-refractivity contribution is -0.141. The number of amides is 2. The molecule has 1 aromatic rings. The van der Waals surface area contributed by atoms with Gasteiger partial charge in [-0.15, -0.1) is 0 Å². The average Bonchev–Trinajstić information content (AvgIpc) is 2.82. The number of aliphatic carboxylic acids is 1. The van der Waals surface area contributed by atoms with Crippen LogP contribution in [-0.2, 0) is 4.79 Å². The van der Waals surface area contributed by atoms with Crippen molar-refractivity contribution in [3.05, 3.63) is 27.7 Å². The molecule has 2 amide bonds. The van der Waals surface area contributed by atoms with Crippen molar-refractivity contribution in [1.82, 2.24) is 5.32 Å². The molecule has 0 unspecified atom stereocenters. The zero-order valence-corrected chi connectivity index (χ0v) is 12.9. The van der Waals surface area contributed by atoms with E-state index in [0.29, 0.717) is 30.0 Å². The first kappa shape index (κ1) is 15.1. The van der Waals surface area contributed by atoms with Crippen molar-refractivity contribution in [1.29, 1.82) is 0 Å². The van der Waals surface area contributed by atoms with Crippen molar-refractivity contribution in [3.63, 3.8) is 0 Å². The first-order chi connectivity index (χ1) is 9.45. The van der Waals surface area contributed by atoms with Crippen LogP contribution in [0.5, 0.6) is 0 Å². The van der Waals surface area contributed by atoms with Crippen LogP contribution in [-0.4, -0.2) is 23.1 Å². The van der Waals surface area contributed by atoms with Gasteiger partial charge in [-0.1, -0.05) is 27.5 Å². The molecule has 1 aliphatic carbocycles. The van der Waals surface area contributed by atoms with Gasteiger partial charge in [-0.25, -0.2) is 4.79 Å². The zero-order chi connectivity index (χ0) is 14.7. The summed E-state index contributed by atoms with van der Waals surface area (Å²) in [7, 11) is 0. The van der Waals surface area contributed by atoms with Gasteiger partial charge in [0.15, 0.2) is 0 Å². The molecule has 3 N–H and O–H groups in total. The number of carbonyl (C=O) groups excluding carboxylic acids is 1. The van der Waals surface area contributed by atoms with E-state index in [0.717, 1.165) is 4.47 Å².